The van der Waals surface area contributed by atoms with E-state index in [0.29, 0.717) is 17.2 Å². The molecule has 1 aliphatic carbocycles. The highest BCUT2D eigenvalue weighted by atomic mass is 35.5. The molecule has 170 valence electrons. The summed E-state index contributed by atoms with van der Waals surface area (Å²) in [6.07, 6.45) is 6.72. The first-order chi connectivity index (χ1) is 14.8. The SMILES string of the molecule is CSCCC(NC(=O)c1ccc(Cl)cc1Cl)C(=O)OCC(=O)NC(=O)C1CCCCC1. The lowest BCUT2D eigenvalue weighted by molar-refractivity contribution is -0.151. The van der Waals surface area contributed by atoms with Gasteiger partial charge in [-0.05, 0) is 49.5 Å². The van der Waals surface area contributed by atoms with Crippen molar-refractivity contribution < 1.29 is 23.9 Å². The highest BCUT2D eigenvalue weighted by Crippen LogP contribution is 2.23. The second-order valence-electron chi connectivity index (χ2n) is 7.29. The van der Waals surface area contributed by atoms with Crippen molar-refractivity contribution >= 4 is 58.7 Å². The first-order valence-corrected chi connectivity index (χ1v) is 12.2. The topological polar surface area (TPSA) is 102 Å². The normalized spacial score (nSPS) is 15.1. The van der Waals surface area contributed by atoms with Crippen LogP contribution < -0.4 is 10.6 Å². The third-order valence-electron chi connectivity index (χ3n) is 4.96. The predicted octanol–water partition coefficient (Wildman–Crippen LogP) is 3.61. The third kappa shape index (κ3) is 8.35. The van der Waals surface area contributed by atoms with E-state index in [2.05, 4.69) is 10.6 Å². The molecule has 0 bridgehead atoms. The van der Waals surface area contributed by atoms with Crippen LogP contribution in [0.15, 0.2) is 18.2 Å². The van der Waals surface area contributed by atoms with Gasteiger partial charge in [-0.25, -0.2) is 4.79 Å². The van der Waals surface area contributed by atoms with Crippen LogP contribution in [0.5, 0.6) is 0 Å². The van der Waals surface area contributed by atoms with Crippen LogP contribution in [-0.4, -0.2) is 48.3 Å². The molecular formula is C21H26Cl2N2O5S. The molecule has 1 fully saturated rings. The number of ether oxygens (including phenoxy) is 1. The van der Waals surface area contributed by atoms with E-state index >= 15 is 0 Å². The largest absolute Gasteiger partial charge is 0.454 e. The van der Waals surface area contributed by atoms with Gasteiger partial charge in [-0.3, -0.25) is 19.7 Å². The number of benzene rings is 1. The summed E-state index contributed by atoms with van der Waals surface area (Å²) in [4.78, 5) is 49.2. The number of hydrogen-bond donors (Lipinski definition) is 2. The van der Waals surface area contributed by atoms with Crippen molar-refractivity contribution in [2.45, 2.75) is 44.6 Å². The van der Waals surface area contributed by atoms with Crippen LogP contribution >= 0.6 is 35.0 Å². The van der Waals surface area contributed by atoms with E-state index < -0.39 is 30.4 Å². The Kier molecular flexibility index (Phi) is 10.6. The number of amides is 3. The lowest BCUT2D eigenvalue weighted by Gasteiger charge is -2.20. The average molecular weight is 489 g/mol. The van der Waals surface area contributed by atoms with Gasteiger partial charge in [-0.2, -0.15) is 11.8 Å². The Morgan fingerprint density at radius 3 is 2.52 bits per heavy atom. The maximum atomic E-state index is 12.5. The molecule has 10 heteroatoms. The fourth-order valence-electron chi connectivity index (χ4n) is 3.27. The first-order valence-electron chi connectivity index (χ1n) is 10.1. The zero-order chi connectivity index (χ0) is 22.8. The summed E-state index contributed by atoms with van der Waals surface area (Å²) in [7, 11) is 0. The van der Waals surface area contributed by atoms with Crippen molar-refractivity contribution in [2.24, 2.45) is 5.92 Å². The van der Waals surface area contributed by atoms with Crippen LogP contribution in [0.4, 0.5) is 0 Å². The monoisotopic (exact) mass is 488 g/mol. The molecule has 1 aromatic rings. The van der Waals surface area contributed by atoms with Crippen LogP contribution in [0, 0.1) is 5.92 Å². The highest BCUT2D eigenvalue weighted by Gasteiger charge is 2.26. The maximum absolute atomic E-state index is 12.5. The van der Waals surface area contributed by atoms with Gasteiger partial charge in [0.05, 0.1) is 10.6 Å². The summed E-state index contributed by atoms with van der Waals surface area (Å²) in [5.74, 6) is -1.91. The number of hydrogen-bond acceptors (Lipinski definition) is 6. The Labute approximate surface area is 195 Å². The summed E-state index contributed by atoms with van der Waals surface area (Å²) >= 11 is 13.4. The second-order valence-corrected chi connectivity index (χ2v) is 9.12. The molecule has 0 aliphatic heterocycles. The zero-order valence-corrected chi connectivity index (χ0v) is 19.6. The van der Waals surface area contributed by atoms with Crippen molar-refractivity contribution in [1.82, 2.24) is 10.6 Å². The standard InChI is InChI=1S/C21H26Cl2N2O5S/c1-31-10-9-17(24-20(28)15-8-7-14(22)11-16(15)23)21(29)30-12-18(26)25-19(27)13-5-3-2-4-6-13/h7-8,11,13,17H,2-6,9-10,12H2,1H3,(H,24,28)(H,25,26,27). The first kappa shape index (κ1) is 25.5. The van der Waals surface area contributed by atoms with Gasteiger partial charge in [0, 0.05) is 10.9 Å². The van der Waals surface area contributed by atoms with E-state index in [9.17, 15) is 19.2 Å². The maximum Gasteiger partial charge on any atom is 0.329 e. The Morgan fingerprint density at radius 1 is 1.16 bits per heavy atom. The fourth-order valence-corrected chi connectivity index (χ4v) is 4.24. The minimum absolute atomic E-state index is 0.155. The molecule has 0 spiro atoms. The van der Waals surface area contributed by atoms with E-state index in [1.54, 1.807) is 0 Å². The third-order valence-corrected chi connectivity index (χ3v) is 6.15. The summed E-state index contributed by atoms with van der Waals surface area (Å²) in [6, 6.07) is 3.45. The van der Waals surface area contributed by atoms with Gasteiger partial charge in [-0.1, -0.05) is 42.5 Å². The molecule has 3 amide bonds. The number of thioether (sulfide) groups is 1. The average Bonchev–Trinajstić information content (AvgIpc) is 2.75. The van der Waals surface area contributed by atoms with Gasteiger partial charge in [0.15, 0.2) is 6.61 Å². The van der Waals surface area contributed by atoms with E-state index in [1.165, 1.54) is 30.0 Å². The summed E-state index contributed by atoms with van der Waals surface area (Å²) < 4.78 is 5.06. The van der Waals surface area contributed by atoms with Crippen molar-refractivity contribution in [3.8, 4) is 0 Å². The van der Waals surface area contributed by atoms with Gasteiger partial charge in [-0.15, -0.1) is 0 Å². The molecule has 0 saturated heterocycles. The number of esters is 1. The van der Waals surface area contributed by atoms with Gasteiger partial charge in [0.2, 0.25) is 5.91 Å². The van der Waals surface area contributed by atoms with E-state index in [4.69, 9.17) is 27.9 Å². The molecule has 1 atom stereocenters. The summed E-state index contributed by atoms with van der Waals surface area (Å²) in [5.41, 5.74) is 0.170. The lowest BCUT2D eigenvalue weighted by atomic mass is 9.89. The lowest BCUT2D eigenvalue weighted by Crippen LogP contribution is -2.44. The van der Waals surface area contributed by atoms with Crippen LogP contribution in [0.1, 0.15) is 48.9 Å². The van der Waals surface area contributed by atoms with Crippen molar-refractivity contribution in [3.05, 3.63) is 33.8 Å². The van der Waals surface area contributed by atoms with E-state index in [0.717, 1.165) is 32.1 Å². The second kappa shape index (κ2) is 12.9. The molecule has 2 rings (SSSR count). The smallest absolute Gasteiger partial charge is 0.329 e. The van der Waals surface area contributed by atoms with E-state index in [1.807, 2.05) is 6.26 Å². The number of rotatable bonds is 9. The van der Waals surface area contributed by atoms with Crippen molar-refractivity contribution in [1.29, 1.82) is 0 Å². The Balaban J connectivity index is 1.90. The molecule has 2 N–H and O–H groups in total. The molecule has 1 aromatic carbocycles. The van der Waals surface area contributed by atoms with Crippen LogP contribution in [-0.2, 0) is 19.1 Å². The minimum atomic E-state index is -0.964. The highest BCUT2D eigenvalue weighted by molar-refractivity contribution is 7.98. The molecule has 1 saturated carbocycles. The molecule has 31 heavy (non-hydrogen) atoms. The summed E-state index contributed by atoms with van der Waals surface area (Å²) in [6.45, 7) is -0.593. The minimum Gasteiger partial charge on any atom is -0.454 e. The van der Waals surface area contributed by atoms with Gasteiger partial charge >= 0.3 is 5.97 Å². The van der Waals surface area contributed by atoms with Crippen LogP contribution in [0.25, 0.3) is 0 Å². The van der Waals surface area contributed by atoms with Gasteiger partial charge in [0.25, 0.3) is 11.8 Å². The zero-order valence-electron chi connectivity index (χ0n) is 17.2. The number of carbonyl (C=O) groups excluding carboxylic acids is 4. The molecule has 0 aromatic heterocycles. The Morgan fingerprint density at radius 2 is 1.87 bits per heavy atom. The predicted molar refractivity (Wildman–Crippen MR) is 121 cm³/mol. The Hall–Kier alpha value is -1.77. The van der Waals surface area contributed by atoms with Crippen LogP contribution in [0.2, 0.25) is 10.0 Å². The van der Waals surface area contributed by atoms with Crippen molar-refractivity contribution in [3.63, 3.8) is 0 Å². The molecule has 0 heterocycles. The quantitative estimate of drug-likeness (QED) is 0.514. The molecule has 1 aliphatic rings. The van der Waals surface area contributed by atoms with Gasteiger partial charge in [0.1, 0.15) is 6.04 Å². The van der Waals surface area contributed by atoms with Gasteiger partial charge < -0.3 is 10.1 Å². The Bertz CT molecular complexity index is 815. The van der Waals surface area contributed by atoms with E-state index in [-0.39, 0.29) is 22.4 Å². The van der Waals surface area contributed by atoms with Crippen molar-refractivity contribution in [2.75, 3.05) is 18.6 Å². The molecule has 1 unspecified atom stereocenters. The molecule has 0 radical (unpaired) electrons. The number of halogens is 2. The molecule has 7 nitrogen and oxygen atoms in total. The molecular weight excluding hydrogens is 463 g/mol. The summed E-state index contributed by atoms with van der Waals surface area (Å²) in [5, 5.41) is 5.42. The number of imide groups is 1. The van der Waals surface area contributed by atoms with Crippen LogP contribution in [0.3, 0.4) is 0 Å². The number of nitrogens with one attached hydrogen (secondary N) is 2. The number of carbonyl (C=O) groups is 4. The fraction of sp³-hybridized carbons (Fsp3) is 0.524.